The van der Waals surface area contributed by atoms with Gasteiger partial charge in [0.2, 0.25) is 11.0 Å². The Morgan fingerprint density at radius 1 is 1.09 bits per heavy atom. The van der Waals surface area contributed by atoms with Crippen LogP contribution in [-0.2, 0) is 16.6 Å². The summed E-state index contributed by atoms with van der Waals surface area (Å²) in [6, 6.07) is 12.8. The zero-order chi connectivity index (χ0) is 24.0. The highest BCUT2D eigenvalue weighted by Gasteiger charge is 2.42. The van der Waals surface area contributed by atoms with Crippen LogP contribution in [0.2, 0.25) is 0 Å². The fourth-order valence-corrected chi connectivity index (χ4v) is 4.99. The van der Waals surface area contributed by atoms with Crippen molar-refractivity contribution in [1.29, 1.82) is 0 Å². The van der Waals surface area contributed by atoms with E-state index in [0.717, 1.165) is 40.3 Å². The predicted octanol–water partition coefficient (Wildman–Crippen LogP) is 5.29. The molecule has 1 saturated carbocycles. The van der Waals surface area contributed by atoms with Crippen LogP contribution in [0.1, 0.15) is 30.3 Å². The molecule has 0 saturated heterocycles. The largest absolute Gasteiger partial charge is 0.300 e. The van der Waals surface area contributed by atoms with Crippen molar-refractivity contribution in [2.24, 2.45) is 0 Å². The fraction of sp³-hybridized carbons (Fsp3) is 0.192. The van der Waals surface area contributed by atoms with Crippen LogP contribution in [0, 0.1) is 5.82 Å². The molecule has 1 amide bonds. The number of pyridine rings is 2. The molecule has 9 heteroatoms. The Hall–Kier alpha value is -3.98. The van der Waals surface area contributed by atoms with Crippen molar-refractivity contribution in [3.8, 4) is 22.4 Å². The number of rotatable bonds is 6. The molecule has 1 N–H and O–H groups in total. The van der Waals surface area contributed by atoms with Gasteiger partial charge >= 0.3 is 0 Å². The molecule has 5 aromatic rings. The first-order valence-electron chi connectivity index (χ1n) is 11.3. The molecule has 0 atom stereocenters. The number of halogens is 1. The molecular formula is C26H21FN6OS. The van der Waals surface area contributed by atoms with E-state index in [0.29, 0.717) is 16.3 Å². The highest BCUT2D eigenvalue weighted by Crippen LogP contribution is 2.49. The molecule has 7 nitrogen and oxygen atoms in total. The summed E-state index contributed by atoms with van der Waals surface area (Å²) in [4.78, 5) is 21.0. The smallest absolute Gasteiger partial charge is 0.230 e. The molecule has 4 aromatic heterocycles. The Morgan fingerprint density at radius 3 is 2.69 bits per heavy atom. The van der Waals surface area contributed by atoms with Crippen molar-refractivity contribution in [1.82, 2.24) is 24.6 Å². The topological polar surface area (TPSA) is 85.1 Å². The summed E-state index contributed by atoms with van der Waals surface area (Å²) in [6.07, 6.45) is 9.24. The standard InChI is InChI=1S/C26H21FN6OS/c1-26(7-8-26)24-31-32-25(35-24)30-23(34)14-18-2-3-19(12-20(18)27)21-15-29-22-13-17(6-11-33(21)22)16-4-9-28-10-5-16/h2-6,9-13,15H,7-8,14H2,1H3,(H,30,32,34). The van der Waals surface area contributed by atoms with Crippen molar-refractivity contribution in [3.63, 3.8) is 0 Å². The Balaban J connectivity index is 1.19. The Kier molecular flexibility index (Phi) is 5.14. The Labute approximate surface area is 204 Å². The van der Waals surface area contributed by atoms with Gasteiger partial charge in [-0.15, -0.1) is 10.2 Å². The van der Waals surface area contributed by atoms with E-state index >= 15 is 0 Å². The van der Waals surface area contributed by atoms with Gasteiger partial charge in [-0.05, 0) is 59.9 Å². The van der Waals surface area contributed by atoms with Crippen LogP contribution in [0.25, 0.3) is 28.0 Å². The van der Waals surface area contributed by atoms with Gasteiger partial charge in [0.15, 0.2) is 0 Å². The highest BCUT2D eigenvalue weighted by molar-refractivity contribution is 7.15. The number of nitrogens with zero attached hydrogens (tertiary/aromatic N) is 5. The Bertz CT molecular complexity index is 1560. The number of anilines is 1. The molecule has 35 heavy (non-hydrogen) atoms. The quantitative estimate of drug-likeness (QED) is 0.354. The van der Waals surface area contributed by atoms with Gasteiger partial charge in [0.05, 0.1) is 18.3 Å². The monoisotopic (exact) mass is 484 g/mol. The van der Waals surface area contributed by atoms with Gasteiger partial charge < -0.3 is 5.32 Å². The van der Waals surface area contributed by atoms with E-state index in [-0.39, 0.29) is 17.7 Å². The van der Waals surface area contributed by atoms with Gasteiger partial charge in [-0.1, -0.05) is 30.4 Å². The second kappa shape index (κ2) is 8.35. The third kappa shape index (κ3) is 4.19. The number of carbonyl (C=O) groups is 1. The maximum absolute atomic E-state index is 15.0. The minimum absolute atomic E-state index is 0.0826. The molecule has 1 fully saturated rings. The van der Waals surface area contributed by atoms with Crippen molar-refractivity contribution in [3.05, 3.63) is 83.6 Å². The van der Waals surface area contributed by atoms with E-state index in [4.69, 9.17) is 0 Å². The van der Waals surface area contributed by atoms with Gasteiger partial charge in [-0.2, -0.15) is 0 Å². The molecule has 1 aliphatic carbocycles. The number of amides is 1. The molecule has 1 aliphatic rings. The van der Waals surface area contributed by atoms with Crippen LogP contribution < -0.4 is 5.32 Å². The van der Waals surface area contributed by atoms with Crippen LogP contribution in [-0.4, -0.2) is 30.5 Å². The molecule has 1 aromatic carbocycles. The maximum Gasteiger partial charge on any atom is 0.230 e. The number of aromatic nitrogens is 5. The van der Waals surface area contributed by atoms with E-state index < -0.39 is 5.82 Å². The summed E-state index contributed by atoms with van der Waals surface area (Å²) in [6.45, 7) is 2.14. The zero-order valence-corrected chi connectivity index (χ0v) is 19.7. The first-order valence-corrected chi connectivity index (χ1v) is 12.1. The fourth-order valence-electron chi connectivity index (χ4n) is 4.02. The number of carbonyl (C=O) groups excluding carboxylic acids is 1. The van der Waals surface area contributed by atoms with Crippen LogP contribution in [0.5, 0.6) is 0 Å². The molecule has 6 rings (SSSR count). The van der Waals surface area contributed by atoms with E-state index in [1.165, 1.54) is 17.4 Å². The second-order valence-corrected chi connectivity index (χ2v) is 10.0. The van der Waals surface area contributed by atoms with E-state index in [1.54, 1.807) is 24.7 Å². The van der Waals surface area contributed by atoms with E-state index in [9.17, 15) is 9.18 Å². The summed E-state index contributed by atoms with van der Waals surface area (Å²) < 4.78 is 16.9. The maximum atomic E-state index is 15.0. The molecule has 4 heterocycles. The lowest BCUT2D eigenvalue weighted by molar-refractivity contribution is -0.115. The van der Waals surface area contributed by atoms with Crippen LogP contribution in [0.4, 0.5) is 9.52 Å². The molecule has 0 spiro atoms. The summed E-state index contributed by atoms with van der Waals surface area (Å²) >= 11 is 1.39. The van der Waals surface area contributed by atoms with Crippen LogP contribution in [0.3, 0.4) is 0 Å². The van der Waals surface area contributed by atoms with Crippen molar-refractivity contribution in [2.45, 2.75) is 31.6 Å². The molecule has 0 radical (unpaired) electrons. The molecule has 0 bridgehead atoms. The third-order valence-electron chi connectivity index (χ3n) is 6.41. The molecule has 0 unspecified atom stereocenters. The number of fused-ring (bicyclic) bond motifs is 1. The van der Waals surface area contributed by atoms with Gasteiger partial charge in [0.1, 0.15) is 16.5 Å². The minimum atomic E-state index is -0.440. The van der Waals surface area contributed by atoms with Crippen LogP contribution in [0.15, 0.2) is 67.3 Å². The van der Waals surface area contributed by atoms with Crippen LogP contribution >= 0.6 is 11.3 Å². The molecule has 174 valence electrons. The average Bonchev–Trinajstić information content (AvgIpc) is 3.26. The predicted molar refractivity (Wildman–Crippen MR) is 133 cm³/mol. The first kappa shape index (κ1) is 21.5. The van der Waals surface area contributed by atoms with E-state index in [2.05, 4.69) is 32.4 Å². The number of nitrogens with one attached hydrogen (secondary N) is 1. The second-order valence-electron chi connectivity index (χ2n) is 9.03. The summed E-state index contributed by atoms with van der Waals surface area (Å²) in [5, 5.41) is 12.4. The molecule has 0 aliphatic heterocycles. The van der Waals surface area contributed by atoms with Crippen molar-refractivity contribution < 1.29 is 9.18 Å². The van der Waals surface area contributed by atoms with Gasteiger partial charge in [-0.25, -0.2) is 9.37 Å². The van der Waals surface area contributed by atoms with Gasteiger partial charge in [-0.3, -0.25) is 14.2 Å². The lowest BCUT2D eigenvalue weighted by Gasteiger charge is -2.08. The summed E-state index contributed by atoms with van der Waals surface area (Å²) in [5.74, 6) is -0.761. The summed E-state index contributed by atoms with van der Waals surface area (Å²) in [7, 11) is 0. The zero-order valence-electron chi connectivity index (χ0n) is 18.9. The number of hydrogen-bond acceptors (Lipinski definition) is 6. The average molecular weight is 485 g/mol. The molecular weight excluding hydrogens is 463 g/mol. The van der Waals surface area contributed by atoms with Gasteiger partial charge in [0.25, 0.3) is 0 Å². The number of benzene rings is 1. The summed E-state index contributed by atoms with van der Waals surface area (Å²) in [5.41, 5.74) is 4.70. The SMILES string of the molecule is CC1(c2nnc(NC(=O)Cc3ccc(-c4cnc5cc(-c6ccncc6)ccn45)cc3F)s2)CC1. The van der Waals surface area contributed by atoms with E-state index in [1.807, 2.05) is 40.9 Å². The number of hydrogen-bond donors (Lipinski definition) is 1. The minimum Gasteiger partial charge on any atom is -0.300 e. The lowest BCUT2D eigenvalue weighted by atomic mass is 10.1. The lowest BCUT2D eigenvalue weighted by Crippen LogP contribution is -2.15. The third-order valence-corrected chi connectivity index (χ3v) is 7.56. The highest BCUT2D eigenvalue weighted by atomic mass is 32.1. The normalized spacial score (nSPS) is 14.2. The Morgan fingerprint density at radius 2 is 1.91 bits per heavy atom. The van der Waals surface area contributed by atoms with Gasteiger partial charge in [0, 0.05) is 29.6 Å². The first-order chi connectivity index (χ1) is 17.0. The van der Waals surface area contributed by atoms with Crippen molar-refractivity contribution in [2.75, 3.05) is 5.32 Å². The number of imidazole rings is 1. The van der Waals surface area contributed by atoms with Crippen molar-refractivity contribution >= 4 is 28.0 Å².